The van der Waals surface area contributed by atoms with Crippen molar-refractivity contribution in [3.63, 3.8) is 0 Å². The molecule has 0 saturated carbocycles. The fourth-order valence-electron chi connectivity index (χ4n) is 5.32. The van der Waals surface area contributed by atoms with Gasteiger partial charge in [-0.15, -0.1) is 0 Å². The lowest BCUT2D eigenvalue weighted by Gasteiger charge is -2.46. The summed E-state index contributed by atoms with van der Waals surface area (Å²) in [4.78, 5) is 32.7. The fraction of sp³-hybridized carbons (Fsp3) is 0.444. The summed E-state index contributed by atoms with van der Waals surface area (Å²) in [6.45, 7) is 3.86. The second kappa shape index (κ2) is 9.95. The Kier molecular flexibility index (Phi) is 7.53. The number of aromatic nitrogens is 3. The number of carbonyl (C=O) groups excluding carboxylic acids is 1. The first-order chi connectivity index (χ1) is 16.1. The van der Waals surface area contributed by atoms with Crippen LogP contribution in [0.25, 0.3) is 5.69 Å². The Morgan fingerprint density at radius 3 is 2.47 bits per heavy atom. The number of aryl methyl sites for hydroxylation is 2. The topological polar surface area (TPSA) is 60.1 Å². The maximum Gasteiger partial charge on any atom is 0.416 e. The summed E-state index contributed by atoms with van der Waals surface area (Å²) in [7, 11) is 0. The van der Waals surface area contributed by atoms with E-state index in [0.29, 0.717) is 41.9 Å². The lowest BCUT2D eigenvalue weighted by molar-refractivity contribution is -0.137. The van der Waals surface area contributed by atoms with Gasteiger partial charge >= 0.3 is 6.18 Å². The third kappa shape index (κ3) is 4.83. The van der Waals surface area contributed by atoms with Crippen LogP contribution in [0.15, 0.2) is 47.7 Å². The van der Waals surface area contributed by atoms with E-state index in [1.807, 2.05) is 6.92 Å². The van der Waals surface area contributed by atoms with Gasteiger partial charge in [0.25, 0.3) is 11.5 Å². The Morgan fingerprint density at radius 1 is 1.06 bits per heavy atom. The number of nitrogens with zero attached hydrogens (tertiary/aromatic N) is 4. The molecule has 2 aliphatic heterocycles. The summed E-state index contributed by atoms with van der Waals surface area (Å²) >= 11 is 0. The van der Waals surface area contributed by atoms with Gasteiger partial charge in [0, 0.05) is 18.8 Å². The van der Waals surface area contributed by atoms with Crippen molar-refractivity contribution in [2.24, 2.45) is 0 Å². The van der Waals surface area contributed by atoms with Crippen molar-refractivity contribution in [2.75, 3.05) is 0 Å². The van der Waals surface area contributed by atoms with Crippen LogP contribution in [-0.2, 0) is 19.1 Å². The van der Waals surface area contributed by atoms with Crippen LogP contribution in [0, 0.1) is 13.8 Å². The van der Waals surface area contributed by atoms with E-state index < -0.39 is 11.7 Å². The van der Waals surface area contributed by atoms with E-state index >= 15 is 0 Å². The highest BCUT2D eigenvalue weighted by atomic mass is 19.4. The van der Waals surface area contributed by atoms with Gasteiger partial charge in [-0.2, -0.15) is 13.2 Å². The number of benzene rings is 1. The lowest BCUT2D eigenvalue weighted by Crippen LogP contribution is -2.57. The number of imidazole rings is 1. The molecule has 0 bridgehead atoms. The first-order valence-corrected chi connectivity index (χ1v) is 11.4. The predicted octanol–water partition coefficient (Wildman–Crippen LogP) is 5.56. The molecule has 194 valence electrons. The molecule has 0 radical (unpaired) electrons. The van der Waals surface area contributed by atoms with Crippen molar-refractivity contribution in [3.8, 4) is 5.69 Å². The van der Waals surface area contributed by atoms with E-state index in [4.69, 9.17) is 0 Å². The largest absolute Gasteiger partial charge is 0.416 e. The van der Waals surface area contributed by atoms with Crippen LogP contribution >= 0.6 is 0 Å². The Balaban J connectivity index is 0.00000180. The lowest BCUT2D eigenvalue weighted by atomic mass is 9.88. The van der Waals surface area contributed by atoms with Gasteiger partial charge in [0.2, 0.25) is 0 Å². The molecule has 36 heavy (non-hydrogen) atoms. The van der Waals surface area contributed by atoms with Gasteiger partial charge in [-0.3, -0.25) is 9.59 Å². The molecule has 0 aliphatic carbocycles. The van der Waals surface area contributed by atoms with Crippen molar-refractivity contribution in [1.82, 2.24) is 19.0 Å². The quantitative estimate of drug-likeness (QED) is 0.471. The van der Waals surface area contributed by atoms with Crippen LogP contribution < -0.4 is 5.56 Å². The van der Waals surface area contributed by atoms with E-state index in [0.717, 1.165) is 24.6 Å². The smallest absolute Gasteiger partial charge is 0.329 e. The maximum atomic E-state index is 13.5. The molecule has 4 heterocycles. The number of piperidine rings is 1. The maximum absolute atomic E-state index is 13.5. The average Bonchev–Trinajstić information content (AvgIpc) is 3.19. The zero-order chi connectivity index (χ0) is 24.2. The molecule has 0 N–H and O–H groups in total. The summed E-state index contributed by atoms with van der Waals surface area (Å²) in [6.07, 6.45) is 1.59. The van der Waals surface area contributed by atoms with Crippen LogP contribution in [0.4, 0.5) is 13.2 Å². The highest BCUT2D eigenvalue weighted by Gasteiger charge is 2.40. The molecule has 1 aromatic carbocycles. The zero-order valence-electron chi connectivity index (χ0n) is 19.0. The monoisotopic (exact) mass is 502 g/mol. The average molecular weight is 503 g/mol. The van der Waals surface area contributed by atoms with Crippen LogP contribution in [0.1, 0.15) is 67.0 Å². The summed E-state index contributed by atoms with van der Waals surface area (Å²) in [5, 5.41) is 0. The van der Waals surface area contributed by atoms with E-state index in [1.54, 1.807) is 47.1 Å². The van der Waals surface area contributed by atoms with Gasteiger partial charge in [0.1, 0.15) is 11.4 Å². The third-order valence-corrected chi connectivity index (χ3v) is 6.79. The second-order valence-electron chi connectivity index (χ2n) is 9.30. The number of hydrogen-bond donors (Lipinski definition) is 0. The number of hydrogen-bond acceptors (Lipinski definition) is 3. The van der Waals surface area contributed by atoms with Gasteiger partial charge < -0.3 is 14.0 Å². The molecule has 2 unspecified atom stereocenters. The van der Waals surface area contributed by atoms with Crippen LogP contribution in [-0.4, -0.2) is 37.0 Å². The van der Waals surface area contributed by atoms with Gasteiger partial charge in [0.15, 0.2) is 0 Å². The summed E-state index contributed by atoms with van der Waals surface area (Å²) in [5.74, 6) is -0.241. The minimum atomic E-state index is -4.41. The molecule has 2 atom stereocenters. The summed E-state index contributed by atoms with van der Waals surface area (Å²) < 4.78 is 43.1. The number of halogens is 3. The van der Waals surface area contributed by atoms with Gasteiger partial charge in [-0.1, -0.05) is 26.5 Å². The predicted molar refractivity (Wildman–Crippen MR) is 134 cm³/mol. The van der Waals surface area contributed by atoms with Gasteiger partial charge in [-0.25, -0.2) is 4.98 Å². The number of rotatable bonds is 3. The SMILES string of the molecule is C.C.Cc1cc(CC2CCCC3Cn4c(ccc(-n5cnc(C)c5)c4=O)C(=O)N23)cc(C(F)(F)F)c1. The standard InChI is InChI=1S/C25H25F3N4O2.2CH4/c1-15-8-17(10-18(9-15)25(26,27)28)11-19-4-3-5-20-13-31-22(24(34)32(19)20)7-6-21(23(31)33)30-12-16(2)29-14-30;;/h6-10,12,14,19-20H,3-5,11,13H2,1-2H3;2*1H4. The van der Waals surface area contributed by atoms with Gasteiger partial charge in [-0.05, 0) is 69.4 Å². The number of carbonyl (C=O) groups is 1. The van der Waals surface area contributed by atoms with Crippen molar-refractivity contribution in [1.29, 1.82) is 0 Å². The van der Waals surface area contributed by atoms with Crippen LogP contribution in [0.3, 0.4) is 0 Å². The molecule has 1 fully saturated rings. The van der Waals surface area contributed by atoms with E-state index in [9.17, 15) is 22.8 Å². The number of pyridine rings is 1. The van der Waals surface area contributed by atoms with Crippen molar-refractivity contribution in [3.05, 3.63) is 81.3 Å². The first kappa shape index (κ1) is 27.2. The molecule has 1 amide bonds. The molecule has 2 aromatic heterocycles. The first-order valence-electron chi connectivity index (χ1n) is 11.4. The molecule has 9 heteroatoms. The summed E-state index contributed by atoms with van der Waals surface area (Å²) in [5.41, 5.74) is 1.72. The molecular weight excluding hydrogens is 469 g/mol. The minimum Gasteiger partial charge on any atom is -0.329 e. The second-order valence-corrected chi connectivity index (χ2v) is 9.30. The zero-order valence-corrected chi connectivity index (χ0v) is 19.0. The molecule has 0 spiro atoms. The Morgan fingerprint density at radius 2 is 1.81 bits per heavy atom. The van der Waals surface area contributed by atoms with Crippen molar-refractivity contribution in [2.45, 2.75) is 79.2 Å². The number of fused-ring (bicyclic) bond motifs is 2. The minimum absolute atomic E-state index is 0. The number of amides is 1. The third-order valence-electron chi connectivity index (χ3n) is 6.79. The molecule has 5 rings (SSSR count). The molecule has 1 saturated heterocycles. The molecule has 2 aliphatic rings. The molecule has 3 aromatic rings. The highest BCUT2D eigenvalue weighted by Crippen LogP contribution is 2.34. The van der Waals surface area contributed by atoms with Gasteiger partial charge in [0.05, 0.1) is 23.6 Å². The van der Waals surface area contributed by atoms with E-state index in [2.05, 4.69) is 4.98 Å². The summed E-state index contributed by atoms with van der Waals surface area (Å²) in [6, 6.07) is 6.99. The normalized spacial score (nSPS) is 19.1. The van der Waals surface area contributed by atoms with E-state index in [-0.39, 0.29) is 38.4 Å². The van der Waals surface area contributed by atoms with Crippen LogP contribution in [0.2, 0.25) is 0 Å². The Labute approximate surface area is 209 Å². The molecule has 6 nitrogen and oxygen atoms in total. The Hall–Kier alpha value is -3.36. The van der Waals surface area contributed by atoms with Crippen molar-refractivity contribution < 1.29 is 18.0 Å². The molecular formula is C27H33F3N4O2. The highest BCUT2D eigenvalue weighted by molar-refractivity contribution is 5.94. The van der Waals surface area contributed by atoms with E-state index in [1.165, 1.54) is 10.6 Å². The fourth-order valence-corrected chi connectivity index (χ4v) is 5.32. The Bertz CT molecular complexity index is 1330. The van der Waals surface area contributed by atoms with Crippen LogP contribution in [0.5, 0.6) is 0 Å². The van der Waals surface area contributed by atoms with Crippen molar-refractivity contribution >= 4 is 5.91 Å². The number of alkyl halides is 3.